The van der Waals surface area contributed by atoms with Crippen LogP contribution < -0.4 is 10.1 Å². The van der Waals surface area contributed by atoms with E-state index in [1.807, 2.05) is 12.1 Å². The maximum Gasteiger partial charge on any atom is 0.183 e. The summed E-state index contributed by atoms with van der Waals surface area (Å²) in [5, 5.41) is 1.95. The Morgan fingerprint density at radius 3 is 2.43 bits per heavy atom. The number of methoxy groups -OCH3 is 1. The second-order valence-corrected chi connectivity index (χ2v) is 11.2. The molecule has 2 atom stereocenters. The van der Waals surface area contributed by atoms with Gasteiger partial charge in [-0.3, -0.25) is 0 Å². The molecule has 1 fully saturated rings. The van der Waals surface area contributed by atoms with Gasteiger partial charge in [0.2, 0.25) is 0 Å². The average molecular weight is 428 g/mol. The second kappa shape index (κ2) is 7.81. The zero-order chi connectivity index (χ0) is 20.5. The Balaban J connectivity index is 1.83. The molecule has 9 heteroatoms. The third-order valence-corrected chi connectivity index (χ3v) is 9.03. The van der Waals surface area contributed by atoms with E-state index in [1.165, 1.54) is 19.1 Å². The molecule has 0 amide bonds. The van der Waals surface area contributed by atoms with E-state index in [1.54, 1.807) is 19.2 Å². The molecule has 0 radical (unpaired) electrons. The number of aryl methyl sites for hydroxylation is 1. The molecule has 1 saturated heterocycles. The van der Waals surface area contributed by atoms with Crippen LogP contribution in [0.15, 0.2) is 47.4 Å². The lowest BCUT2D eigenvalue weighted by Gasteiger charge is -2.20. The van der Waals surface area contributed by atoms with Gasteiger partial charge in [-0.05, 0) is 48.4 Å². The Hall–Kier alpha value is -1.97. The first kappa shape index (κ1) is 20.8. The van der Waals surface area contributed by atoms with E-state index in [4.69, 9.17) is 4.74 Å². The predicted octanol–water partition coefficient (Wildman–Crippen LogP) is 1.87. The second-order valence-electron chi connectivity index (χ2n) is 6.91. The predicted molar refractivity (Wildman–Crippen MR) is 104 cm³/mol. The number of benzene rings is 2. The summed E-state index contributed by atoms with van der Waals surface area (Å²) >= 11 is 0. The minimum atomic E-state index is -3.94. The third kappa shape index (κ3) is 4.37. The Kier molecular flexibility index (Phi) is 5.79. The van der Waals surface area contributed by atoms with Crippen LogP contribution in [0, 0.1) is 12.7 Å². The van der Waals surface area contributed by atoms with E-state index in [0.29, 0.717) is 12.3 Å². The highest BCUT2D eigenvalue weighted by Crippen LogP contribution is 2.27. The summed E-state index contributed by atoms with van der Waals surface area (Å²) < 4.78 is 69.0. The van der Waals surface area contributed by atoms with Gasteiger partial charge in [0.15, 0.2) is 19.7 Å². The van der Waals surface area contributed by atoms with Gasteiger partial charge in [0.05, 0.1) is 28.8 Å². The molecule has 2 aromatic carbocycles. The van der Waals surface area contributed by atoms with Gasteiger partial charge in [-0.1, -0.05) is 12.1 Å². The molecule has 152 valence electrons. The van der Waals surface area contributed by atoms with Crippen molar-refractivity contribution in [2.75, 3.05) is 18.6 Å². The molecule has 0 unspecified atom stereocenters. The van der Waals surface area contributed by atoms with Crippen LogP contribution in [0.3, 0.4) is 0 Å². The van der Waals surface area contributed by atoms with Gasteiger partial charge in [0.1, 0.15) is 11.6 Å². The van der Waals surface area contributed by atoms with Gasteiger partial charge < -0.3 is 10.1 Å². The van der Waals surface area contributed by atoms with Gasteiger partial charge in [-0.15, -0.1) is 0 Å². The van der Waals surface area contributed by atoms with Crippen LogP contribution in [0.5, 0.6) is 5.75 Å². The highest BCUT2D eigenvalue weighted by atomic mass is 32.2. The van der Waals surface area contributed by atoms with Gasteiger partial charge in [0.25, 0.3) is 0 Å². The van der Waals surface area contributed by atoms with Crippen LogP contribution in [-0.4, -0.2) is 46.7 Å². The molecule has 1 aliphatic heterocycles. The van der Waals surface area contributed by atoms with Crippen molar-refractivity contribution in [2.45, 2.75) is 29.7 Å². The number of ether oxygens (including phenoxy) is 1. The molecular formula is C19H22FNO5S2. The first-order valence-electron chi connectivity index (χ1n) is 8.69. The summed E-state index contributed by atoms with van der Waals surface area (Å²) in [6.45, 7) is 1.79. The molecule has 6 nitrogen and oxygen atoms in total. The van der Waals surface area contributed by atoms with Crippen LogP contribution in [0.25, 0.3) is 0 Å². The molecule has 1 aliphatic rings. The first-order chi connectivity index (χ1) is 13.1. The van der Waals surface area contributed by atoms with Crippen molar-refractivity contribution in [2.24, 2.45) is 0 Å². The lowest BCUT2D eigenvalue weighted by molar-refractivity contribution is 0.414. The van der Waals surface area contributed by atoms with Gasteiger partial charge >= 0.3 is 0 Å². The summed E-state index contributed by atoms with van der Waals surface area (Å²) in [5.41, 5.74) is 1.07. The van der Waals surface area contributed by atoms with Crippen molar-refractivity contribution in [1.29, 1.82) is 0 Å². The lowest BCUT2D eigenvalue weighted by atomic mass is 10.2. The lowest BCUT2D eigenvalue weighted by Crippen LogP contribution is -2.43. The molecule has 2 aromatic rings. The molecule has 0 saturated carbocycles. The minimum absolute atomic E-state index is 0.0650. The number of nitrogens with one attached hydrogen (secondary N) is 1. The van der Waals surface area contributed by atoms with Crippen LogP contribution in [0.1, 0.15) is 11.1 Å². The highest BCUT2D eigenvalue weighted by Gasteiger charge is 2.45. The normalized spacial score (nSPS) is 21.5. The van der Waals surface area contributed by atoms with E-state index in [9.17, 15) is 21.2 Å². The van der Waals surface area contributed by atoms with Crippen LogP contribution in [-0.2, 0) is 26.2 Å². The van der Waals surface area contributed by atoms with Crippen molar-refractivity contribution in [3.8, 4) is 5.75 Å². The van der Waals surface area contributed by atoms with E-state index in [0.717, 1.165) is 11.6 Å². The summed E-state index contributed by atoms with van der Waals surface area (Å²) in [6, 6.07) is 9.97. The molecule has 0 spiro atoms. The fraction of sp³-hybridized carbons (Fsp3) is 0.368. The standard InChI is InChI=1S/C19H22FNO5S2/c1-13-9-16(7-8-17(13)20)28(24,25)19-12-27(22,23)11-18(19)21-10-14-3-5-15(26-2)6-4-14/h3-9,18-19,21H,10-12H2,1-2H3/t18-,19-/m0/s1. The Bertz CT molecular complexity index is 1070. The number of hydrogen-bond donors (Lipinski definition) is 1. The topological polar surface area (TPSA) is 89.5 Å². The van der Waals surface area contributed by atoms with E-state index in [-0.39, 0.29) is 16.2 Å². The molecule has 0 aliphatic carbocycles. The molecule has 28 heavy (non-hydrogen) atoms. The van der Waals surface area contributed by atoms with Crippen molar-refractivity contribution >= 4 is 19.7 Å². The Morgan fingerprint density at radius 1 is 1.14 bits per heavy atom. The zero-order valence-corrected chi connectivity index (χ0v) is 17.2. The fourth-order valence-electron chi connectivity index (χ4n) is 3.27. The maximum absolute atomic E-state index is 13.5. The highest BCUT2D eigenvalue weighted by molar-refractivity contribution is 7.96. The summed E-state index contributed by atoms with van der Waals surface area (Å²) in [7, 11) is -5.89. The number of sulfone groups is 2. The largest absolute Gasteiger partial charge is 0.497 e. The molecule has 1 heterocycles. The molecular weight excluding hydrogens is 405 g/mol. The number of halogens is 1. The average Bonchev–Trinajstić information content (AvgIpc) is 2.98. The SMILES string of the molecule is COc1ccc(CN[C@H]2CS(=O)(=O)C[C@@H]2S(=O)(=O)c2ccc(F)c(C)c2)cc1. The van der Waals surface area contributed by atoms with Crippen molar-refractivity contribution in [1.82, 2.24) is 5.32 Å². The molecule has 0 aromatic heterocycles. The van der Waals surface area contributed by atoms with Crippen molar-refractivity contribution < 1.29 is 26.0 Å². The quantitative estimate of drug-likeness (QED) is 0.708. The molecule has 3 rings (SSSR count). The van der Waals surface area contributed by atoms with Gasteiger partial charge in [-0.2, -0.15) is 0 Å². The van der Waals surface area contributed by atoms with E-state index in [2.05, 4.69) is 5.32 Å². The van der Waals surface area contributed by atoms with Crippen LogP contribution >= 0.6 is 0 Å². The number of hydrogen-bond acceptors (Lipinski definition) is 6. The minimum Gasteiger partial charge on any atom is -0.497 e. The fourth-order valence-corrected chi connectivity index (χ4v) is 8.07. The monoisotopic (exact) mass is 427 g/mol. The number of rotatable bonds is 6. The van der Waals surface area contributed by atoms with Crippen molar-refractivity contribution in [3.05, 3.63) is 59.4 Å². The van der Waals surface area contributed by atoms with Crippen LogP contribution in [0.2, 0.25) is 0 Å². The smallest absolute Gasteiger partial charge is 0.183 e. The van der Waals surface area contributed by atoms with Gasteiger partial charge in [0, 0.05) is 12.6 Å². The summed E-state index contributed by atoms with van der Waals surface area (Å²) in [6.07, 6.45) is 0. The van der Waals surface area contributed by atoms with Crippen molar-refractivity contribution in [3.63, 3.8) is 0 Å². The van der Waals surface area contributed by atoms with Crippen LogP contribution in [0.4, 0.5) is 4.39 Å². The maximum atomic E-state index is 13.5. The Labute approximate surface area is 164 Å². The zero-order valence-electron chi connectivity index (χ0n) is 15.6. The molecule has 1 N–H and O–H groups in total. The Morgan fingerprint density at radius 2 is 1.82 bits per heavy atom. The van der Waals surface area contributed by atoms with Gasteiger partial charge in [-0.25, -0.2) is 21.2 Å². The van der Waals surface area contributed by atoms with E-state index >= 15 is 0 Å². The van der Waals surface area contributed by atoms with E-state index < -0.39 is 42.5 Å². The summed E-state index contributed by atoms with van der Waals surface area (Å²) in [5.74, 6) is -0.522. The molecule has 0 bridgehead atoms. The third-order valence-electron chi connectivity index (χ3n) is 4.88. The first-order valence-corrected chi connectivity index (χ1v) is 12.1. The summed E-state index contributed by atoms with van der Waals surface area (Å²) in [4.78, 5) is -0.0650.